The Morgan fingerprint density at radius 1 is 0.975 bits per heavy atom. The van der Waals surface area contributed by atoms with E-state index < -0.39 is 28.5 Å². The molecule has 0 unspecified atom stereocenters. The molecular formula is C31H40ClN3O4S. The molecule has 2 amide bonds. The van der Waals surface area contributed by atoms with Gasteiger partial charge in [-0.25, -0.2) is 8.42 Å². The lowest BCUT2D eigenvalue weighted by Gasteiger charge is -2.57. The van der Waals surface area contributed by atoms with Crippen LogP contribution in [0.25, 0.3) is 0 Å². The van der Waals surface area contributed by atoms with Gasteiger partial charge in [0, 0.05) is 18.6 Å². The monoisotopic (exact) mass is 585 g/mol. The van der Waals surface area contributed by atoms with Crippen molar-refractivity contribution < 1.29 is 18.0 Å². The lowest BCUT2D eigenvalue weighted by molar-refractivity contribution is -0.140. The minimum absolute atomic E-state index is 0.157. The second-order valence-corrected chi connectivity index (χ2v) is 14.5. The fourth-order valence-electron chi connectivity index (χ4n) is 7.93. The molecule has 0 saturated heterocycles. The molecule has 1 N–H and O–H groups in total. The zero-order valence-electron chi connectivity index (χ0n) is 23.6. The van der Waals surface area contributed by atoms with Crippen LogP contribution in [-0.2, 0) is 31.6 Å². The number of anilines is 1. The third kappa shape index (κ3) is 5.89. The summed E-state index contributed by atoms with van der Waals surface area (Å²) in [6, 6.07) is 14.2. The summed E-state index contributed by atoms with van der Waals surface area (Å²) in [5, 5.41) is 3.21. The molecule has 9 heteroatoms. The van der Waals surface area contributed by atoms with E-state index >= 15 is 0 Å². The molecule has 0 aliphatic heterocycles. The molecule has 1 atom stereocenters. The number of benzene rings is 2. The third-order valence-corrected chi connectivity index (χ3v) is 10.8. The molecule has 40 heavy (non-hydrogen) atoms. The number of likely N-dealkylation sites (N-methyl/N-ethyl adjacent to an activating group) is 1. The van der Waals surface area contributed by atoms with Crippen LogP contribution in [0.2, 0.25) is 5.02 Å². The van der Waals surface area contributed by atoms with E-state index in [1.54, 1.807) is 24.3 Å². The average Bonchev–Trinajstić information content (AvgIpc) is 2.91. The van der Waals surface area contributed by atoms with Crippen LogP contribution in [0.5, 0.6) is 0 Å². The molecule has 4 fully saturated rings. The Kier molecular flexibility index (Phi) is 8.22. The van der Waals surface area contributed by atoms with E-state index in [1.165, 1.54) is 56.0 Å². The van der Waals surface area contributed by atoms with E-state index in [-0.39, 0.29) is 17.9 Å². The predicted octanol–water partition coefficient (Wildman–Crippen LogP) is 5.13. The Bertz CT molecular complexity index is 1310. The summed E-state index contributed by atoms with van der Waals surface area (Å²) < 4.78 is 27.1. The molecule has 0 spiro atoms. The highest BCUT2D eigenvalue weighted by atomic mass is 35.5. The van der Waals surface area contributed by atoms with Crippen molar-refractivity contribution >= 4 is 39.1 Å². The number of carbonyl (C=O) groups excluding carboxylic acids is 2. The van der Waals surface area contributed by atoms with Gasteiger partial charge in [-0.2, -0.15) is 0 Å². The zero-order chi connectivity index (χ0) is 28.7. The third-order valence-electron chi connectivity index (χ3n) is 9.38. The Labute approximate surface area is 243 Å². The Balaban J connectivity index is 1.40. The number of nitrogens with one attached hydrogen (secondary N) is 1. The van der Waals surface area contributed by atoms with Crippen LogP contribution in [0, 0.1) is 17.8 Å². The van der Waals surface area contributed by atoms with E-state index in [9.17, 15) is 18.0 Å². The van der Waals surface area contributed by atoms with Crippen LogP contribution in [0.1, 0.15) is 63.0 Å². The van der Waals surface area contributed by atoms with Gasteiger partial charge in [0.05, 0.1) is 11.9 Å². The maximum absolute atomic E-state index is 13.8. The Morgan fingerprint density at radius 2 is 1.52 bits per heavy atom. The SMILES string of the molecule is CC[C@H](C(=O)NC)N(Cc1ccc(Cl)cc1)C(=O)CN(c1ccc(C23CC4CC(CC(C4)C2)C3)cc1)S(C)(=O)=O. The molecule has 0 aromatic heterocycles. The highest BCUT2D eigenvalue weighted by Gasteiger charge is 2.51. The molecule has 4 bridgehead atoms. The van der Waals surface area contributed by atoms with Gasteiger partial charge in [-0.1, -0.05) is 42.8 Å². The minimum Gasteiger partial charge on any atom is -0.357 e. The van der Waals surface area contributed by atoms with Crippen LogP contribution < -0.4 is 9.62 Å². The van der Waals surface area contributed by atoms with Crippen molar-refractivity contribution in [1.29, 1.82) is 0 Å². The van der Waals surface area contributed by atoms with E-state index in [4.69, 9.17) is 11.6 Å². The highest BCUT2D eigenvalue weighted by Crippen LogP contribution is 2.60. The van der Waals surface area contributed by atoms with E-state index in [2.05, 4.69) is 17.4 Å². The molecule has 0 radical (unpaired) electrons. The van der Waals surface area contributed by atoms with Gasteiger partial charge in [0.2, 0.25) is 21.8 Å². The van der Waals surface area contributed by atoms with Crippen molar-refractivity contribution in [3.63, 3.8) is 0 Å². The first-order chi connectivity index (χ1) is 19.0. The molecule has 2 aromatic rings. The molecule has 216 valence electrons. The van der Waals surface area contributed by atoms with Gasteiger partial charge >= 0.3 is 0 Å². The first-order valence-electron chi connectivity index (χ1n) is 14.3. The quantitative estimate of drug-likeness (QED) is 0.419. The summed E-state index contributed by atoms with van der Waals surface area (Å²) in [7, 11) is -2.24. The second-order valence-electron chi connectivity index (χ2n) is 12.2. The zero-order valence-corrected chi connectivity index (χ0v) is 25.2. The van der Waals surface area contributed by atoms with E-state index in [0.29, 0.717) is 17.1 Å². The summed E-state index contributed by atoms with van der Waals surface area (Å²) in [6.45, 7) is 1.60. The van der Waals surface area contributed by atoms with Crippen molar-refractivity contribution in [2.75, 3.05) is 24.2 Å². The van der Waals surface area contributed by atoms with Gasteiger partial charge in [-0.3, -0.25) is 13.9 Å². The lowest BCUT2D eigenvalue weighted by Crippen LogP contribution is -2.51. The molecule has 4 aliphatic rings. The number of sulfonamides is 1. The molecule has 6 rings (SSSR count). The summed E-state index contributed by atoms with van der Waals surface area (Å²) in [5.41, 5.74) is 2.76. The van der Waals surface area contributed by atoms with Crippen LogP contribution in [0.4, 0.5) is 5.69 Å². The minimum atomic E-state index is -3.77. The van der Waals surface area contributed by atoms with Gasteiger partial charge in [0.25, 0.3) is 0 Å². The fourth-order valence-corrected chi connectivity index (χ4v) is 8.91. The van der Waals surface area contributed by atoms with Crippen LogP contribution in [0.3, 0.4) is 0 Å². The standard InChI is InChI=1S/C31H40ClN3O4S/c1-4-28(30(37)33-2)34(19-21-5-9-26(32)10-6-21)29(36)20-35(40(3,38)39)27-11-7-25(8-12-27)31-16-22-13-23(17-31)15-24(14-22)18-31/h5-12,22-24,28H,4,13-20H2,1-3H3,(H,33,37)/t22?,23?,24?,28-,31?/m1/s1. The molecule has 4 saturated carbocycles. The second kappa shape index (κ2) is 11.4. The number of amides is 2. The number of nitrogens with zero attached hydrogens (tertiary/aromatic N) is 2. The van der Waals surface area contributed by atoms with Gasteiger partial charge in [-0.15, -0.1) is 0 Å². The molecule has 7 nitrogen and oxygen atoms in total. The molecule has 0 heterocycles. The maximum atomic E-state index is 13.8. The normalized spacial score (nSPS) is 25.9. The van der Waals surface area contributed by atoms with Crippen LogP contribution >= 0.6 is 11.6 Å². The largest absolute Gasteiger partial charge is 0.357 e. The van der Waals surface area contributed by atoms with Crippen molar-refractivity contribution in [3.05, 3.63) is 64.7 Å². The Morgan fingerprint density at radius 3 is 2.00 bits per heavy atom. The fraction of sp³-hybridized carbons (Fsp3) is 0.548. The van der Waals surface area contributed by atoms with E-state index in [0.717, 1.165) is 33.9 Å². The van der Waals surface area contributed by atoms with Crippen molar-refractivity contribution in [2.45, 2.75) is 69.9 Å². The van der Waals surface area contributed by atoms with Crippen molar-refractivity contribution in [2.24, 2.45) is 17.8 Å². The topological polar surface area (TPSA) is 86.8 Å². The van der Waals surface area contributed by atoms with Crippen molar-refractivity contribution in [1.82, 2.24) is 10.2 Å². The van der Waals surface area contributed by atoms with Gasteiger partial charge in [-0.05, 0) is 104 Å². The van der Waals surface area contributed by atoms with Gasteiger partial charge in [0.1, 0.15) is 12.6 Å². The van der Waals surface area contributed by atoms with Crippen LogP contribution in [-0.4, -0.2) is 51.0 Å². The number of carbonyl (C=O) groups is 2. The maximum Gasteiger partial charge on any atom is 0.244 e. The van der Waals surface area contributed by atoms with Crippen LogP contribution in [0.15, 0.2) is 48.5 Å². The van der Waals surface area contributed by atoms with E-state index in [1.807, 2.05) is 19.1 Å². The number of halogens is 1. The summed E-state index contributed by atoms with van der Waals surface area (Å²) in [4.78, 5) is 28.0. The number of hydrogen-bond acceptors (Lipinski definition) is 4. The van der Waals surface area contributed by atoms with Gasteiger partial charge < -0.3 is 10.2 Å². The first-order valence-corrected chi connectivity index (χ1v) is 16.6. The lowest BCUT2D eigenvalue weighted by atomic mass is 9.48. The molecule has 2 aromatic carbocycles. The number of hydrogen-bond donors (Lipinski definition) is 1. The summed E-state index contributed by atoms with van der Waals surface area (Å²) in [5.74, 6) is 1.70. The summed E-state index contributed by atoms with van der Waals surface area (Å²) >= 11 is 6.04. The first kappa shape index (κ1) is 28.9. The van der Waals surface area contributed by atoms with Gasteiger partial charge in [0.15, 0.2) is 0 Å². The smallest absolute Gasteiger partial charge is 0.244 e. The average molecular weight is 586 g/mol. The predicted molar refractivity (Wildman–Crippen MR) is 159 cm³/mol. The molecular weight excluding hydrogens is 546 g/mol. The Hall–Kier alpha value is -2.58. The highest BCUT2D eigenvalue weighted by molar-refractivity contribution is 7.92. The number of rotatable bonds is 10. The van der Waals surface area contributed by atoms with Crippen molar-refractivity contribution in [3.8, 4) is 0 Å². The molecule has 4 aliphatic carbocycles. The summed E-state index contributed by atoms with van der Waals surface area (Å²) in [6.07, 6.45) is 9.27.